The van der Waals surface area contributed by atoms with Crippen LogP contribution in [0, 0.1) is 0 Å². The van der Waals surface area contributed by atoms with Crippen molar-refractivity contribution in [2.45, 2.75) is 51.4 Å². The molecule has 126 valence electrons. The van der Waals surface area contributed by atoms with Gasteiger partial charge in [-0.1, -0.05) is 12.1 Å². The van der Waals surface area contributed by atoms with Crippen LogP contribution in [0.25, 0.3) is 0 Å². The Hall–Kier alpha value is -2.08. The van der Waals surface area contributed by atoms with Crippen molar-refractivity contribution in [3.8, 4) is 5.75 Å². The van der Waals surface area contributed by atoms with E-state index in [0.717, 1.165) is 24.8 Å². The fraction of sp³-hybridized carbons (Fsp3) is 0.529. The Morgan fingerprint density at radius 1 is 1.39 bits per heavy atom. The van der Waals surface area contributed by atoms with Crippen LogP contribution in [-0.4, -0.2) is 35.8 Å². The van der Waals surface area contributed by atoms with Gasteiger partial charge in [-0.2, -0.15) is 0 Å². The molecule has 0 saturated carbocycles. The van der Waals surface area contributed by atoms with Gasteiger partial charge in [-0.25, -0.2) is 4.79 Å². The standard InChI is InChI=1S/C17H23NO5/c1-12-5-6-14(23-12)7-8-16(19)18-10-13-3-2-4-15(9-13)22-11-17(20)21/h2-4,9,12,14H,5-8,10-11H2,1H3,(H,18,19)(H,20,21)/t12-,14-/m0/s1. The number of hydrogen-bond acceptors (Lipinski definition) is 4. The highest BCUT2D eigenvalue weighted by atomic mass is 16.5. The lowest BCUT2D eigenvalue weighted by atomic mass is 10.1. The first-order valence-corrected chi connectivity index (χ1v) is 7.88. The summed E-state index contributed by atoms with van der Waals surface area (Å²) in [6.45, 7) is 2.07. The zero-order valence-electron chi connectivity index (χ0n) is 13.3. The molecule has 1 aliphatic rings. The quantitative estimate of drug-likeness (QED) is 0.766. The highest BCUT2D eigenvalue weighted by Gasteiger charge is 2.22. The fourth-order valence-electron chi connectivity index (χ4n) is 2.57. The van der Waals surface area contributed by atoms with Gasteiger partial charge in [0.25, 0.3) is 0 Å². The molecular formula is C17H23NO5. The summed E-state index contributed by atoms with van der Waals surface area (Å²) in [6, 6.07) is 7.04. The van der Waals surface area contributed by atoms with Crippen LogP contribution < -0.4 is 10.1 Å². The first-order chi connectivity index (χ1) is 11.0. The maximum absolute atomic E-state index is 11.9. The van der Waals surface area contributed by atoms with Crippen molar-refractivity contribution in [1.29, 1.82) is 0 Å². The molecule has 1 aliphatic heterocycles. The molecule has 1 amide bonds. The summed E-state index contributed by atoms with van der Waals surface area (Å²) in [5, 5.41) is 11.5. The zero-order chi connectivity index (χ0) is 16.7. The largest absolute Gasteiger partial charge is 0.482 e. The predicted molar refractivity (Wildman–Crippen MR) is 84.2 cm³/mol. The van der Waals surface area contributed by atoms with Gasteiger partial charge in [-0.15, -0.1) is 0 Å². The number of carboxylic acids is 1. The van der Waals surface area contributed by atoms with Crippen molar-refractivity contribution in [3.05, 3.63) is 29.8 Å². The van der Waals surface area contributed by atoms with Crippen molar-refractivity contribution in [3.63, 3.8) is 0 Å². The lowest BCUT2D eigenvalue weighted by Crippen LogP contribution is -2.24. The number of carbonyl (C=O) groups excluding carboxylic acids is 1. The van der Waals surface area contributed by atoms with Crippen LogP contribution >= 0.6 is 0 Å². The van der Waals surface area contributed by atoms with E-state index in [4.69, 9.17) is 14.6 Å². The molecule has 0 bridgehead atoms. The van der Waals surface area contributed by atoms with Gasteiger partial charge in [-0.3, -0.25) is 4.79 Å². The predicted octanol–water partition coefficient (Wildman–Crippen LogP) is 2.11. The van der Waals surface area contributed by atoms with Gasteiger partial charge in [0.2, 0.25) is 5.91 Å². The van der Waals surface area contributed by atoms with Gasteiger partial charge >= 0.3 is 5.97 Å². The third-order valence-corrected chi connectivity index (χ3v) is 3.76. The number of carbonyl (C=O) groups is 2. The van der Waals surface area contributed by atoms with Crippen LogP contribution in [0.2, 0.25) is 0 Å². The number of hydrogen-bond donors (Lipinski definition) is 2. The van der Waals surface area contributed by atoms with E-state index in [1.807, 2.05) is 6.07 Å². The van der Waals surface area contributed by atoms with E-state index in [1.54, 1.807) is 18.2 Å². The van der Waals surface area contributed by atoms with E-state index < -0.39 is 5.97 Å². The molecule has 23 heavy (non-hydrogen) atoms. The Labute approximate surface area is 135 Å². The monoisotopic (exact) mass is 321 g/mol. The Morgan fingerprint density at radius 3 is 2.91 bits per heavy atom. The highest BCUT2D eigenvalue weighted by molar-refractivity contribution is 5.75. The van der Waals surface area contributed by atoms with Crippen LogP contribution in [0.5, 0.6) is 5.75 Å². The number of nitrogens with one attached hydrogen (secondary N) is 1. The fourth-order valence-corrected chi connectivity index (χ4v) is 2.57. The summed E-state index contributed by atoms with van der Waals surface area (Å²) >= 11 is 0. The minimum absolute atomic E-state index is 0.00925. The molecule has 0 spiro atoms. The van der Waals surface area contributed by atoms with E-state index in [9.17, 15) is 9.59 Å². The van der Waals surface area contributed by atoms with E-state index in [-0.39, 0.29) is 18.6 Å². The first kappa shape index (κ1) is 17.3. The molecule has 0 aromatic heterocycles. The molecule has 0 unspecified atom stereocenters. The molecule has 1 fully saturated rings. The minimum Gasteiger partial charge on any atom is -0.482 e. The molecule has 2 atom stereocenters. The molecule has 1 saturated heterocycles. The Kier molecular flexibility index (Phi) is 6.40. The van der Waals surface area contributed by atoms with Crippen LogP contribution in [0.15, 0.2) is 24.3 Å². The summed E-state index contributed by atoms with van der Waals surface area (Å²) in [7, 11) is 0. The number of carboxylic acid groups (broad SMARTS) is 1. The average Bonchev–Trinajstić information content (AvgIpc) is 2.95. The average molecular weight is 321 g/mol. The number of benzene rings is 1. The van der Waals surface area contributed by atoms with Crippen molar-refractivity contribution >= 4 is 11.9 Å². The molecule has 1 heterocycles. The highest BCUT2D eigenvalue weighted by Crippen LogP contribution is 2.22. The second kappa shape index (κ2) is 8.53. The molecule has 1 aromatic carbocycles. The SMILES string of the molecule is C[C@H]1CC[C@@H](CCC(=O)NCc2cccc(OCC(=O)O)c2)O1. The van der Waals surface area contributed by atoms with Gasteiger partial charge < -0.3 is 19.9 Å². The second-order valence-electron chi connectivity index (χ2n) is 5.79. The van der Waals surface area contributed by atoms with Crippen LogP contribution in [-0.2, 0) is 20.9 Å². The Morgan fingerprint density at radius 2 is 2.22 bits per heavy atom. The van der Waals surface area contributed by atoms with Crippen molar-refractivity contribution in [2.24, 2.45) is 0 Å². The van der Waals surface area contributed by atoms with Gasteiger partial charge in [0, 0.05) is 13.0 Å². The molecule has 6 nitrogen and oxygen atoms in total. The molecule has 1 aromatic rings. The molecule has 0 aliphatic carbocycles. The van der Waals surface area contributed by atoms with Crippen LogP contribution in [0.3, 0.4) is 0 Å². The van der Waals surface area contributed by atoms with E-state index in [2.05, 4.69) is 12.2 Å². The van der Waals surface area contributed by atoms with Gasteiger partial charge in [-0.05, 0) is 43.9 Å². The first-order valence-electron chi connectivity index (χ1n) is 7.88. The van der Waals surface area contributed by atoms with E-state index in [1.165, 1.54) is 0 Å². The second-order valence-corrected chi connectivity index (χ2v) is 5.79. The third kappa shape index (κ3) is 6.28. The number of aliphatic carboxylic acids is 1. The molecule has 0 radical (unpaired) electrons. The molecule has 2 rings (SSSR count). The summed E-state index contributed by atoms with van der Waals surface area (Å²) in [4.78, 5) is 22.4. The van der Waals surface area contributed by atoms with Crippen molar-refractivity contribution in [2.75, 3.05) is 6.61 Å². The number of ether oxygens (including phenoxy) is 2. The lowest BCUT2D eigenvalue weighted by Gasteiger charge is -2.11. The van der Waals surface area contributed by atoms with Crippen LogP contribution in [0.4, 0.5) is 0 Å². The molecule has 2 N–H and O–H groups in total. The van der Waals surface area contributed by atoms with Gasteiger partial charge in [0.05, 0.1) is 12.2 Å². The van der Waals surface area contributed by atoms with Crippen molar-refractivity contribution < 1.29 is 24.2 Å². The normalized spacial score (nSPS) is 20.2. The summed E-state index contributed by atoms with van der Waals surface area (Å²) in [5.41, 5.74) is 0.868. The van der Waals surface area contributed by atoms with E-state index in [0.29, 0.717) is 24.8 Å². The topological polar surface area (TPSA) is 84.9 Å². The molecular weight excluding hydrogens is 298 g/mol. The summed E-state index contributed by atoms with van der Waals surface area (Å²) in [5.74, 6) is -0.551. The maximum atomic E-state index is 11.9. The third-order valence-electron chi connectivity index (χ3n) is 3.76. The van der Waals surface area contributed by atoms with Gasteiger partial charge in [0.1, 0.15) is 5.75 Å². The zero-order valence-corrected chi connectivity index (χ0v) is 13.3. The van der Waals surface area contributed by atoms with Gasteiger partial charge in [0.15, 0.2) is 6.61 Å². The Bertz CT molecular complexity index is 546. The summed E-state index contributed by atoms with van der Waals surface area (Å²) in [6.07, 6.45) is 3.79. The summed E-state index contributed by atoms with van der Waals surface area (Å²) < 4.78 is 10.8. The lowest BCUT2D eigenvalue weighted by molar-refractivity contribution is -0.139. The number of rotatable bonds is 8. The Balaban J connectivity index is 1.71. The maximum Gasteiger partial charge on any atom is 0.341 e. The molecule has 6 heteroatoms. The smallest absolute Gasteiger partial charge is 0.341 e. The number of amides is 1. The van der Waals surface area contributed by atoms with Crippen LogP contribution in [0.1, 0.15) is 38.2 Å². The van der Waals surface area contributed by atoms with Crippen molar-refractivity contribution in [1.82, 2.24) is 5.32 Å². The minimum atomic E-state index is -1.02. The van der Waals surface area contributed by atoms with E-state index >= 15 is 0 Å².